The number of phenols is 2. The Morgan fingerprint density at radius 3 is 2.61 bits per heavy atom. The Bertz CT molecular complexity index is 892. The van der Waals surface area contributed by atoms with Crippen molar-refractivity contribution in [2.24, 2.45) is 11.8 Å². The van der Waals surface area contributed by atoms with Crippen LogP contribution >= 0.6 is 0 Å². The molecule has 2 unspecified atom stereocenters. The molecule has 3 fully saturated rings. The van der Waals surface area contributed by atoms with Gasteiger partial charge in [-0.2, -0.15) is 0 Å². The first-order chi connectivity index (χ1) is 11.0. The fourth-order valence-corrected chi connectivity index (χ4v) is 4.39. The van der Waals surface area contributed by atoms with Gasteiger partial charge in [-0.05, 0) is 43.0 Å². The maximum atomic E-state index is 12.2. The number of nitrogens with one attached hydrogen (secondary N) is 1. The molecule has 2 aromatic rings. The van der Waals surface area contributed by atoms with E-state index in [4.69, 9.17) is 4.42 Å². The Labute approximate surface area is 131 Å². The average molecular weight is 313 g/mol. The van der Waals surface area contributed by atoms with Gasteiger partial charge in [0.25, 0.3) is 0 Å². The number of aromatic hydroxyl groups is 3. The highest BCUT2D eigenvalue weighted by atomic mass is 16.4. The number of rotatable bonds is 2. The molecule has 0 bridgehead atoms. The lowest BCUT2D eigenvalue weighted by atomic mass is 9.82. The third-order valence-electron chi connectivity index (χ3n) is 5.64. The number of fused-ring (bicyclic) bond motifs is 2. The maximum Gasteiger partial charge on any atom is 0.227 e. The van der Waals surface area contributed by atoms with Gasteiger partial charge in [0.2, 0.25) is 11.2 Å². The van der Waals surface area contributed by atoms with Crippen LogP contribution in [0.1, 0.15) is 12.2 Å². The lowest BCUT2D eigenvalue weighted by Crippen LogP contribution is -2.43. The first kappa shape index (κ1) is 13.0. The van der Waals surface area contributed by atoms with Crippen molar-refractivity contribution in [2.75, 3.05) is 6.54 Å². The number of hydrogen-bond donors (Lipinski definition) is 4. The van der Waals surface area contributed by atoms with Crippen molar-refractivity contribution in [1.29, 1.82) is 0 Å². The van der Waals surface area contributed by atoms with Crippen molar-refractivity contribution in [3.63, 3.8) is 0 Å². The number of piperidine rings is 2. The highest BCUT2D eigenvalue weighted by Crippen LogP contribution is 2.80. The summed E-state index contributed by atoms with van der Waals surface area (Å²) in [6.45, 7) is 0.900. The summed E-state index contributed by atoms with van der Waals surface area (Å²) in [6.07, 6.45) is 0.923. The second kappa shape index (κ2) is 3.89. The molecule has 1 aromatic heterocycles. The third kappa shape index (κ3) is 1.49. The summed E-state index contributed by atoms with van der Waals surface area (Å²) in [5.41, 5.74) is -0.186. The Hall–Kier alpha value is -2.47. The molecule has 2 atom stereocenters. The van der Waals surface area contributed by atoms with Gasteiger partial charge in [-0.25, -0.2) is 0 Å². The number of benzene rings is 1. The summed E-state index contributed by atoms with van der Waals surface area (Å²) in [5, 5.41) is 32.6. The van der Waals surface area contributed by atoms with E-state index >= 15 is 0 Å². The van der Waals surface area contributed by atoms with E-state index in [9.17, 15) is 20.1 Å². The van der Waals surface area contributed by atoms with Crippen molar-refractivity contribution in [2.45, 2.75) is 17.9 Å². The van der Waals surface area contributed by atoms with Crippen molar-refractivity contribution < 1.29 is 19.7 Å². The lowest BCUT2D eigenvalue weighted by Gasteiger charge is -2.32. The molecule has 2 heterocycles. The highest BCUT2D eigenvalue weighted by molar-refractivity contribution is 5.67. The second-order valence-corrected chi connectivity index (χ2v) is 6.68. The van der Waals surface area contributed by atoms with Gasteiger partial charge >= 0.3 is 0 Å². The minimum Gasteiger partial charge on any atom is -0.504 e. The fourth-order valence-electron chi connectivity index (χ4n) is 4.39. The van der Waals surface area contributed by atoms with Crippen LogP contribution in [-0.2, 0) is 5.41 Å². The van der Waals surface area contributed by atoms with Crippen LogP contribution in [0.4, 0.5) is 0 Å². The molecule has 0 radical (unpaired) electrons. The van der Waals surface area contributed by atoms with Crippen LogP contribution in [-0.4, -0.2) is 27.9 Å². The van der Waals surface area contributed by atoms with Gasteiger partial charge in [-0.15, -0.1) is 0 Å². The Morgan fingerprint density at radius 2 is 1.91 bits per heavy atom. The zero-order valence-electron chi connectivity index (χ0n) is 12.1. The molecule has 1 aliphatic heterocycles. The van der Waals surface area contributed by atoms with Crippen LogP contribution in [0.3, 0.4) is 0 Å². The first-order valence-corrected chi connectivity index (χ1v) is 7.67. The van der Waals surface area contributed by atoms with Crippen LogP contribution in [0.2, 0.25) is 0 Å². The molecule has 23 heavy (non-hydrogen) atoms. The van der Waals surface area contributed by atoms with Gasteiger partial charge in [0.1, 0.15) is 5.76 Å². The molecule has 1 saturated heterocycles. The molecule has 2 saturated carbocycles. The predicted molar refractivity (Wildman–Crippen MR) is 80.5 cm³/mol. The normalized spacial score (nSPS) is 33.1. The smallest absolute Gasteiger partial charge is 0.227 e. The molecule has 5 rings (SSSR count). The van der Waals surface area contributed by atoms with Gasteiger partial charge in [0.05, 0.1) is 0 Å². The zero-order chi connectivity index (χ0) is 15.9. The van der Waals surface area contributed by atoms with E-state index in [1.54, 1.807) is 0 Å². The summed E-state index contributed by atoms with van der Waals surface area (Å²) in [7, 11) is 0. The molecule has 6 heteroatoms. The fraction of sp³-hybridized carbons (Fsp3) is 0.353. The summed E-state index contributed by atoms with van der Waals surface area (Å²) in [4.78, 5) is 12.2. The van der Waals surface area contributed by atoms with Gasteiger partial charge in [-0.1, -0.05) is 0 Å². The van der Waals surface area contributed by atoms with Gasteiger partial charge < -0.3 is 25.1 Å². The second-order valence-electron chi connectivity index (χ2n) is 6.68. The zero-order valence-corrected chi connectivity index (χ0v) is 12.1. The quantitative estimate of drug-likeness (QED) is 0.623. The van der Waals surface area contributed by atoms with E-state index in [1.165, 1.54) is 24.3 Å². The molecule has 4 N–H and O–H groups in total. The summed E-state index contributed by atoms with van der Waals surface area (Å²) in [6, 6.07) is 6.00. The van der Waals surface area contributed by atoms with E-state index in [2.05, 4.69) is 5.32 Å². The summed E-state index contributed by atoms with van der Waals surface area (Å²) >= 11 is 0. The minimum absolute atomic E-state index is 0.0403. The molecular formula is C17H15NO5. The lowest BCUT2D eigenvalue weighted by molar-refractivity contribution is 0.268. The molecule has 0 spiro atoms. The molecule has 3 aliphatic rings. The van der Waals surface area contributed by atoms with Crippen LogP contribution in [0.25, 0.3) is 11.3 Å². The largest absolute Gasteiger partial charge is 0.504 e. The summed E-state index contributed by atoms with van der Waals surface area (Å²) < 4.78 is 5.90. The topological polar surface area (TPSA) is 103 Å². The molecule has 118 valence electrons. The minimum atomic E-state index is -0.482. The third-order valence-corrected chi connectivity index (χ3v) is 5.64. The molecule has 2 aliphatic carbocycles. The Kier molecular flexibility index (Phi) is 2.20. The van der Waals surface area contributed by atoms with Crippen LogP contribution in [0.5, 0.6) is 17.2 Å². The Balaban J connectivity index is 1.64. The van der Waals surface area contributed by atoms with Crippen molar-refractivity contribution in [3.05, 3.63) is 40.2 Å². The maximum absolute atomic E-state index is 12.2. The van der Waals surface area contributed by atoms with Crippen molar-refractivity contribution in [3.8, 4) is 28.6 Å². The summed E-state index contributed by atoms with van der Waals surface area (Å²) in [5.74, 6) is 0.651. The van der Waals surface area contributed by atoms with E-state index < -0.39 is 11.2 Å². The average Bonchev–Trinajstić information content (AvgIpc) is 3.44. The molecule has 1 aromatic carbocycles. The van der Waals surface area contributed by atoms with Crippen LogP contribution in [0, 0.1) is 11.8 Å². The van der Waals surface area contributed by atoms with E-state index in [0.717, 1.165) is 13.0 Å². The number of hydrogen-bond acceptors (Lipinski definition) is 6. The van der Waals surface area contributed by atoms with Gasteiger partial charge in [-0.3, -0.25) is 4.79 Å². The Morgan fingerprint density at radius 1 is 1.13 bits per heavy atom. The van der Waals surface area contributed by atoms with Crippen molar-refractivity contribution in [1.82, 2.24) is 5.32 Å². The van der Waals surface area contributed by atoms with Crippen LogP contribution < -0.4 is 10.7 Å². The van der Waals surface area contributed by atoms with Crippen LogP contribution in [0.15, 0.2) is 33.5 Å². The molecular weight excluding hydrogens is 298 g/mol. The SMILES string of the molecule is O=c1cc(C23CCNC4C2C43)oc(-c2ccc(O)c(O)c2)c1O. The molecule has 6 nitrogen and oxygen atoms in total. The van der Waals surface area contributed by atoms with E-state index in [1.807, 2.05) is 0 Å². The van der Waals surface area contributed by atoms with E-state index in [-0.39, 0.29) is 22.7 Å². The van der Waals surface area contributed by atoms with Gasteiger partial charge in [0, 0.05) is 23.1 Å². The van der Waals surface area contributed by atoms with E-state index in [0.29, 0.717) is 29.2 Å². The first-order valence-electron chi connectivity index (χ1n) is 7.67. The van der Waals surface area contributed by atoms with Crippen molar-refractivity contribution >= 4 is 0 Å². The van der Waals surface area contributed by atoms with Gasteiger partial charge in [0.15, 0.2) is 17.3 Å². The standard InChI is InChI=1S/C17H15NO5/c19-8-2-1-7(5-9(8)20)16-15(22)10(21)6-11(23-16)17-3-4-18-14-12(17)13(14)17/h1-2,5-6,12-14,18-20,22H,3-4H2. The molecule has 0 amide bonds. The highest BCUT2D eigenvalue weighted by Gasteiger charge is 2.86. The predicted octanol–water partition coefficient (Wildman–Crippen LogP) is 1.28. The number of phenolic OH excluding ortho intramolecular Hbond substituents is 2. The monoisotopic (exact) mass is 313 g/mol.